The highest BCUT2D eigenvalue weighted by atomic mass is 19.1. The molecule has 98 valence electrons. The van der Waals surface area contributed by atoms with Gasteiger partial charge in [-0.1, -0.05) is 36.4 Å². The van der Waals surface area contributed by atoms with Gasteiger partial charge in [-0.15, -0.1) is 0 Å². The summed E-state index contributed by atoms with van der Waals surface area (Å²) in [6, 6.07) is 15.4. The van der Waals surface area contributed by atoms with Crippen molar-refractivity contribution < 1.29 is 9.18 Å². The highest BCUT2D eigenvalue weighted by molar-refractivity contribution is 5.94. The summed E-state index contributed by atoms with van der Waals surface area (Å²) in [5.41, 5.74) is 0.268. The molecule has 19 heavy (non-hydrogen) atoms. The van der Waals surface area contributed by atoms with Gasteiger partial charge >= 0.3 is 0 Å². The van der Waals surface area contributed by atoms with Crippen LogP contribution in [-0.2, 0) is 5.54 Å². The highest BCUT2D eigenvalue weighted by Gasteiger charge is 2.26. The first-order valence-corrected chi connectivity index (χ1v) is 6.13. The van der Waals surface area contributed by atoms with Gasteiger partial charge in [0.25, 0.3) is 5.91 Å². The lowest BCUT2D eigenvalue weighted by Crippen LogP contribution is -2.41. The molecule has 1 amide bonds. The molecule has 0 heterocycles. The predicted octanol–water partition coefficient (Wildman–Crippen LogP) is 3.49. The van der Waals surface area contributed by atoms with Crippen molar-refractivity contribution in [3.63, 3.8) is 0 Å². The van der Waals surface area contributed by atoms with E-state index in [1.807, 2.05) is 6.07 Å². The van der Waals surface area contributed by atoms with Gasteiger partial charge in [0.2, 0.25) is 0 Å². The van der Waals surface area contributed by atoms with Gasteiger partial charge in [-0.2, -0.15) is 0 Å². The molecule has 0 radical (unpaired) electrons. The van der Waals surface area contributed by atoms with Crippen LogP contribution in [0.25, 0.3) is 0 Å². The van der Waals surface area contributed by atoms with Crippen LogP contribution >= 0.6 is 0 Å². The molecule has 2 rings (SSSR count). The number of carbonyl (C=O) groups excluding carboxylic acids is 1. The standard InChI is InChI=1S/C16H16FNO/c1-16(2,13-10-6-7-11-14(13)17)18-15(19)12-8-4-3-5-9-12/h3-11H,1-2H3,(H,18,19). The third kappa shape index (κ3) is 2.99. The van der Waals surface area contributed by atoms with Gasteiger partial charge in [-0.05, 0) is 32.0 Å². The first kappa shape index (κ1) is 13.3. The molecular weight excluding hydrogens is 241 g/mol. The number of hydrogen-bond acceptors (Lipinski definition) is 1. The maximum Gasteiger partial charge on any atom is 0.251 e. The maximum absolute atomic E-state index is 13.8. The quantitative estimate of drug-likeness (QED) is 0.896. The Bertz CT molecular complexity index is 578. The summed E-state index contributed by atoms with van der Waals surface area (Å²) >= 11 is 0. The second-order valence-electron chi connectivity index (χ2n) is 4.92. The summed E-state index contributed by atoms with van der Waals surface area (Å²) in [5.74, 6) is -0.533. The van der Waals surface area contributed by atoms with E-state index in [-0.39, 0.29) is 11.7 Å². The molecule has 0 saturated heterocycles. The Morgan fingerprint density at radius 1 is 1.00 bits per heavy atom. The van der Waals surface area contributed by atoms with Crippen LogP contribution in [0.15, 0.2) is 54.6 Å². The first-order valence-electron chi connectivity index (χ1n) is 6.13. The molecule has 0 aliphatic rings. The largest absolute Gasteiger partial charge is 0.343 e. The summed E-state index contributed by atoms with van der Waals surface area (Å²) < 4.78 is 13.8. The van der Waals surface area contributed by atoms with Crippen molar-refractivity contribution in [1.29, 1.82) is 0 Å². The van der Waals surface area contributed by atoms with Crippen molar-refractivity contribution in [3.05, 3.63) is 71.5 Å². The third-order valence-electron chi connectivity index (χ3n) is 3.01. The van der Waals surface area contributed by atoms with Crippen molar-refractivity contribution in [1.82, 2.24) is 5.32 Å². The van der Waals surface area contributed by atoms with Gasteiger partial charge in [0, 0.05) is 11.1 Å². The fourth-order valence-corrected chi connectivity index (χ4v) is 1.98. The number of rotatable bonds is 3. The summed E-state index contributed by atoms with van der Waals surface area (Å²) in [7, 11) is 0. The number of carbonyl (C=O) groups is 1. The minimum Gasteiger partial charge on any atom is -0.343 e. The van der Waals surface area contributed by atoms with E-state index in [2.05, 4.69) is 5.32 Å². The lowest BCUT2D eigenvalue weighted by atomic mass is 9.93. The second-order valence-corrected chi connectivity index (χ2v) is 4.92. The number of halogens is 1. The Labute approximate surface area is 112 Å². The van der Waals surface area contributed by atoms with Gasteiger partial charge in [0.15, 0.2) is 0 Å². The summed E-state index contributed by atoms with van der Waals surface area (Å²) in [4.78, 5) is 12.1. The molecule has 1 N–H and O–H groups in total. The Hall–Kier alpha value is -2.16. The Balaban J connectivity index is 2.23. The van der Waals surface area contributed by atoms with E-state index in [0.29, 0.717) is 11.1 Å². The lowest BCUT2D eigenvalue weighted by Gasteiger charge is -2.27. The predicted molar refractivity (Wildman–Crippen MR) is 73.3 cm³/mol. The van der Waals surface area contributed by atoms with Crippen molar-refractivity contribution in [2.75, 3.05) is 0 Å². The van der Waals surface area contributed by atoms with Crippen molar-refractivity contribution in [2.45, 2.75) is 19.4 Å². The number of nitrogens with one attached hydrogen (secondary N) is 1. The van der Waals surface area contributed by atoms with Crippen LogP contribution in [-0.4, -0.2) is 5.91 Å². The van der Waals surface area contributed by atoms with Crippen molar-refractivity contribution in [3.8, 4) is 0 Å². The van der Waals surface area contributed by atoms with Gasteiger partial charge in [0.05, 0.1) is 5.54 Å². The van der Waals surface area contributed by atoms with Crippen LogP contribution in [0, 0.1) is 5.82 Å². The summed E-state index contributed by atoms with van der Waals surface area (Å²) in [5, 5.41) is 2.85. The molecule has 0 atom stereocenters. The Morgan fingerprint density at radius 2 is 1.58 bits per heavy atom. The molecule has 0 aliphatic heterocycles. The first-order chi connectivity index (χ1) is 9.00. The molecule has 0 unspecified atom stereocenters. The molecular formula is C16H16FNO. The molecule has 0 fully saturated rings. The Morgan fingerprint density at radius 3 is 2.21 bits per heavy atom. The zero-order valence-corrected chi connectivity index (χ0v) is 11.0. The molecule has 3 heteroatoms. The number of amides is 1. The topological polar surface area (TPSA) is 29.1 Å². The van der Waals surface area contributed by atoms with E-state index in [9.17, 15) is 9.18 Å². The van der Waals surface area contributed by atoms with E-state index in [1.165, 1.54) is 6.07 Å². The zero-order chi connectivity index (χ0) is 13.9. The lowest BCUT2D eigenvalue weighted by molar-refractivity contribution is 0.0911. The number of benzene rings is 2. The van der Waals surface area contributed by atoms with E-state index in [0.717, 1.165) is 0 Å². The fourth-order valence-electron chi connectivity index (χ4n) is 1.98. The highest BCUT2D eigenvalue weighted by Crippen LogP contribution is 2.23. The smallest absolute Gasteiger partial charge is 0.251 e. The minimum atomic E-state index is -0.766. The maximum atomic E-state index is 13.8. The molecule has 2 aromatic carbocycles. The van der Waals surface area contributed by atoms with Crippen molar-refractivity contribution in [2.24, 2.45) is 0 Å². The van der Waals surface area contributed by atoms with E-state index >= 15 is 0 Å². The van der Waals surface area contributed by atoms with Crippen LogP contribution in [0.5, 0.6) is 0 Å². The Kier molecular flexibility index (Phi) is 3.65. The molecule has 2 aromatic rings. The van der Waals surface area contributed by atoms with E-state index in [1.54, 1.807) is 56.3 Å². The van der Waals surface area contributed by atoms with Crippen LogP contribution < -0.4 is 5.32 Å². The van der Waals surface area contributed by atoms with Crippen LogP contribution in [0.1, 0.15) is 29.8 Å². The normalized spacial score (nSPS) is 11.1. The van der Waals surface area contributed by atoms with Crippen molar-refractivity contribution >= 4 is 5.91 Å². The summed E-state index contributed by atoms with van der Waals surface area (Å²) in [6.07, 6.45) is 0. The monoisotopic (exact) mass is 257 g/mol. The molecule has 0 saturated carbocycles. The summed E-state index contributed by atoms with van der Waals surface area (Å²) in [6.45, 7) is 3.57. The molecule has 0 aliphatic carbocycles. The average molecular weight is 257 g/mol. The van der Waals surface area contributed by atoms with Gasteiger partial charge < -0.3 is 5.32 Å². The van der Waals surface area contributed by atoms with E-state index in [4.69, 9.17) is 0 Å². The van der Waals surface area contributed by atoms with Gasteiger partial charge in [-0.3, -0.25) is 4.79 Å². The average Bonchev–Trinajstić information content (AvgIpc) is 2.39. The zero-order valence-electron chi connectivity index (χ0n) is 11.0. The number of hydrogen-bond donors (Lipinski definition) is 1. The van der Waals surface area contributed by atoms with Gasteiger partial charge in [0.1, 0.15) is 5.82 Å². The van der Waals surface area contributed by atoms with Gasteiger partial charge in [-0.25, -0.2) is 4.39 Å². The minimum absolute atomic E-state index is 0.214. The third-order valence-corrected chi connectivity index (χ3v) is 3.01. The second kappa shape index (κ2) is 5.22. The molecule has 0 spiro atoms. The molecule has 0 aromatic heterocycles. The van der Waals surface area contributed by atoms with Crippen LogP contribution in [0.4, 0.5) is 4.39 Å². The van der Waals surface area contributed by atoms with Crippen LogP contribution in [0.2, 0.25) is 0 Å². The fraction of sp³-hybridized carbons (Fsp3) is 0.188. The van der Waals surface area contributed by atoms with E-state index < -0.39 is 5.54 Å². The van der Waals surface area contributed by atoms with Crippen LogP contribution in [0.3, 0.4) is 0 Å². The molecule has 0 bridgehead atoms. The molecule has 2 nitrogen and oxygen atoms in total. The SMILES string of the molecule is CC(C)(NC(=O)c1ccccc1)c1ccccc1F.